The minimum atomic E-state index is -1.30. The number of carbonyl (C=O) groups is 1. The Kier molecular flexibility index (Phi) is 4.49. The molecule has 2 aliphatic rings. The van der Waals surface area contributed by atoms with Crippen LogP contribution in [0.25, 0.3) is 10.9 Å². The van der Waals surface area contributed by atoms with Crippen molar-refractivity contribution in [1.29, 1.82) is 0 Å². The summed E-state index contributed by atoms with van der Waals surface area (Å²) in [5, 5.41) is 20.1. The van der Waals surface area contributed by atoms with Crippen molar-refractivity contribution >= 4 is 22.6 Å². The van der Waals surface area contributed by atoms with Gasteiger partial charge in [0.05, 0.1) is 17.3 Å². The van der Waals surface area contributed by atoms with Crippen LogP contribution in [-0.4, -0.2) is 39.9 Å². The Morgan fingerprint density at radius 2 is 2.00 bits per heavy atom. The van der Waals surface area contributed by atoms with E-state index in [0.717, 1.165) is 12.0 Å². The quantitative estimate of drug-likeness (QED) is 0.806. The molecule has 0 radical (unpaired) electrons. The molecule has 0 aliphatic carbocycles. The number of pyridine rings is 1. The van der Waals surface area contributed by atoms with Crippen molar-refractivity contribution in [1.82, 2.24) is 4.57 Å². The molecule has 2 aromatic rings. The van der Waals surface area contributed by atoms with Crippen molar-refractivity contribution in [2.24, 2.45) is 11.3 Å². The fraction of sp³-hybridized carbons (Fsp3) is 0.545. The lowest BCUT2D eigenvalue weighted by Gasteiger charge is -2.47. The molecule has 2 aliphatic heterocycles. The fourth-order valence-electron chi connectivity index (χ4n) is 5.17. The van der Waals surface area contributed by atoms with Crippen LogP contribution in [0.3, 0.4) is 0 Å². The number of hydrogen-bond acceptors (Lipinski definition) is 4. The number of halogens is 1. The molecule has 1 aromatic carbocycles. The Labute approximate surface area is 168 Å². The normalized spacial score (nSPS) is 26.0. The lowest BCUT2D eigenvalue weighted by Crippen LogP contribution is -2.53. The second kappa shape index (κ2) is 6.55. The van der Waals surface area contributed by atoms with Crippen LogP contribution in [0, 0.1) is 17.2 Å². The summed E-state index contributed by atoms with van der Waals surface area (Å²) in [6, 6.07) is 1.21. The summed E-state index contributed by atoms with van der Waals surface area (Å²) in [6.07, 6.45) is 2.27. The molecular formula is C22H27FN2O4. The maximum Gasteiger partial charge on any atom is 0.341 e. The number of carboxylic acids is 1. The van der Waals surface area contributed by atoms with Gasteiger partial charge in [-0.15, -0.1) is 0 Å². The van der Waals surface area contributed by atoms with Crippen LogP contribution >= 0.6 is 0 Å². The third-order valence-corrected chi connectivity index (χ3v) is 6.62. The van der Waals surface area contributed by atoms with Crippen molar-refractivity contribution in [3.63, 3.8) is 0 Å². The molecule has 0 amide bonds. The molecular weight excluding hydrogens is 375 g/mol. The number of piperidine rings is 1. The van der Waals surface area contributed by atoms with E-state index >= 15 is 4.39 Å². The molecule has 1 fully saturated rings. The highest BCUT2D eigenvalue weighted by atomic mass is 19.1. The van der Waals surface area contributed by atoms with Gasteiger partial charge in [0.2, 0.25) is 5.43 Å². The largest absolute Gasteiger partial charge is 0.477 e. The van der Waals surface area contributed by atoms with Gasteiger partial charge in [-0.05, 0) is 25.8 Å². The van der Waals surface area contributed by atoms with Crippen molar-refractivity contribution in [2.75, 3.05) is 18.0 Å². The second-order valence-electron chi connectivity index (χ2n) is 9.34. The number of aromatic nitrogens is 1. The third-order valence-electron chi connectivity index (χ3n) is 6.62. The van der Waals surface area contributed by atoms with Crippen LogP contribution in [0.1, 0.15) is 56.1 Å². The third kappa shape index (κ3) is 2.94. The average Bonchev–Trinajstić information content (AvgIpc) is 2.63. The highest BCUT2D eigenvalue weighted by molar-refractivity contribution is 5.95. The van der Waals surface area contributed by atoms with Gasteiger partial charge in [-0.25, -0.2) is 9.18 Å². The molecule has 29 heavy (non-hydrogen) atoms. The number of hydrogen-bond donors (Lipinski definition) is 2. The highest BCUT2D eigenvalue weighted by Crippen LogP contribution is 2.42. The lowest BCUT2D eigenvalue weighted by molar-refractivity contribution is -0.00455. The Morgan fingerprint density at radius 3 is 2.62 bits per heavy atom. The lowest BCUT2D eigenvalue weighted by atomic mass is 9.76. The van der Waals surface area contributed by atoms with Gasteiger partial charge >= 0.3 is 5.97 Å². The first-order valence-electron chi connectivity index (χ1n) is 10.1. The predicted octanol–water partition coefficient (Wildman–Crippen LogP) is 3.19. The maximum absolute atomic E-state index is 15.4. The second-order valence-corrected chi connectivity index (χ2v) is 9.34. The van der Waals surface area contributed by atoms with Crippen LogP contribution < -0.4 is 10.3 Å². The molecule has 1 aromatic heterocycles. The van der Waals surface area contributed by atoms with Gasteiger partial charge in [0.25, 0.3) is 0 Å². The van der Waals surface area contributed by atoms with Gasteiger partial charge < -0.3 is 19.7 Å². The molecule has 7 heteroatoms. The van der Waals surface area contributed by atoms with Gasteiger partial charge in [0.15, 0.2) is 0 Å². The zero-order valence-electron chi connectivity index (χ0n) is 17.2. The minimum Gasteiger partial charge on any atom is -0.477 e. The molecule has 2 unspecified atom stereocenters. The average molecular weight is 402 g/mol. The van der Waals surface area contributed by atoms with Gasteiger partial charge in [0, 0.05) is 47.6 Å². The monoisotopic (exact) mass is 402 g/mol. The first-order valence-corrected chi connectivity index (χ1v) is 10.1. The van der Waals surface area contributed by atoms with Crippen molar-refractivity contribution in [3.8, 4) is 0 Å². The van der Waals surface area contributed by atoms with E-state index in [1.807, 2.05) is 37.2 Å². The predicted molar refractivity (Wildman–Crippen MR) is 109 cm³/mol. The van der Waals surface area contributed by atoms with E-state index in [9.17, 15) is 19.8 Å². The number of carboxylic acid groups (broad SMARTS) is 1. The first-order chi connectivity index (χ1) is 13.5. The van der Waals surface area contributed by atoms with Crippen LogP contribution in [-0.2, 0) is 6.42 Å². The van der Waals surface area contributed by atoms with Crippen LogP contribution in [0.2, 0.25) is 0 Å². The Bertz CT molecular complexity index is 1070. The van der Waals surface area contributed by atoms with E-state index in [1.165, 1.54) is 12.3 Å². The van der Waals surface area contributed by atoms with Crippen molar-refractivity contribution in [2.45, 2.75) is 52.7 Å². The first kappa shape index (κ1) is 19.9. The number of nitrogens with zero attached hydrogens (tertiary/aromatic N) is 2. The van der Waals surface area contributed by atoms with Gasteiger partial charge in [-0.1, -0.05) is 20.8 Å². The summed E-state index contributed by atoms with van der Waals surface area (Å²) < 4.78 is 17.2. The molecule has 4 rings (SSSR count). The molecule has 156 valence electrons. The summed E-state index contributed by atoms with van der Waals surface area (Å²) in [5.74, 6) is -1.84. The van der Waals surface area contributed by atoms with Gasteiger partial charge in [-0.3, -0.25) is 4.79 Å². The van der Waals surface area contributed by atoms with Crippen LogP contribution in [0.4, 0.5) is 10.1 Å². The smallest absolute Gasteiger partial charge is 0.341 e. The van der Waals surface area contributed by atoms with Crippen LogP contribution in [0.15, 0.2) is 17.1 Å². The summed E-state index contributed by atoms with van der Waals surface area (Å²) in [5.41, 5.74) is 0.485. The number of aliphatic hydroxyl groups excluding tert-OH is 1. The minimum absolute atomic E-state index is 0.0144. The number of anilines is 1. The number of aryl methyl sites for hydroxylation is 1. The van der Waals surface area contributed by atoms with Gasteiger partial charge in [0.1, 0.15) is 11.4 Å². The molecule has 3 heterocycles. The maximum atomic E-state index is 15.4. The number of rotatable bonds is 2. The number of aliphatic hydroxyl groups is 1. The van der Waals surface area contributed by atoms with Crippen molar-refractivity contribution < 1.29 is 19.4 Å². The SMILES string of the molecule is CC1CN(c2c(F)cc3c(=O)c(C(=O)O)cn4c3c2CC[C@@H]4C)CC(C)(C)C1O. The molecule has 0 saturated carbocycles. The Hall–Kier alpha value is -2.41. The van der Waals surface area contributed by atoms with E-state index < -0.39 is 28.7 Å². The molecule has 2 N–H and O–H groups in total. The van der Waals surface area contributed by atoms with E-state index in [1.54, 1.807) is 0 Å². The molecule has 3 atom stereocenters. The van der Waals surface area contributed by atoms with E-state index in [-0.39, 0.29) is 22.9 Å². The van der Waals surface area contributed by atoms with E-state index in [4.69, 9.17) is 0 Å². The standard InChI is InChI=1S/C22H27FN2O4/c1-11-8-24(10-22(3,4)20(11)27)18-13-6-5-12(2)25-9-15(21(28)29)19(26)14(17(13)25)7-16(18)23/h7,9,11-12,20,27H,5-6,8,10H2,1-4H3,(H,28,29)/t11?,12-,20?/m0/s1. The topological polar surface area (TPSA) is 82.8 Å². The highest BCUT2D eigenvalue weighted by Gasteiger charge is 2.41. The molecule has 1 saturated heterocycles. The fourth-order valence-corrected chi connectivity index (χ4v) is 5.17. The van der Waals surface area contributed by atoms with Crippen LogP contribution in [0.5, 0.6) is 0 Å². The van der Waals surface area contributed by atoms with E-state index in [2.05, 4.69) is 0 Å². The molecule has 0 spiro atoms. The Balaban J connectivity index is 1.99. The molecule has 6 nitrogen and oxygen atoms in total. The number of aromatic carboxylic acids is 1. The molecule has 0 bridgehead atoms. The zero-order valence-corrected chi connectivity index (χ0v) is 17.2. The zero-order chi connectivity index (χ0) is 21.2. The number of benzene rings is 1. The summed E-state index contributed by atoms with van der Waals surface area (Å²) in [6.45, 7) is 8.90. The van der Waals surface area contributed by atoms with Gasteiger partial charge in [-0.2, -0.15) is 0 Å². The summed E-state index contributed by atoms with van der Waals surface area (Å²) in [7, 11) is 0. The summed E-state index contributed by atoms with van der Waals surface area (Å²) in [4.78, 5) is 26.3. The van der Waals surface area contributed by atoms with Crippen molar-refractivity contribution in [3.05, 3.63) is 39.4 Å². The summed E-state index contributed by atoms with van der Waals surface area (Å²) >= 11 is 0. The Morgan fingerprint density at radius 1 is 1.31 bits per heavy atom. The van der Waals surface area contributed by atoms with E-state index in [0.29, 0.717) is 30.7 Å².